The molecule has 1 aromatic rings. The van der Waals surface area contributed by atoms with E-state index >= 15 is 0 Å². The number of carbonyl (C=O) groups is 2. The smallest absolute Gasteiger partial charge is 0.406 e. The summed E-state index contributed by atoms with van der Waals surface area (Å²) < 4.78 is 39.7. The van der Waals surface area contributed by atoms with Gasteiger partial charge in [0, 0.05) is 6.07 Å². The molecule has 0 saturated heterocycles. The Morgan fingerprint density at radius 1 is 1.26 bits per heavy atom. The molecule has 6 N–H and O–H groups in total. The first-order valence-electron chi connectivity index (χ1n) is 4.70. The van der Waals surface area contributed by atoms with Crippen LogP contribution < -0.4 is 27.1 Å². The van der Waals surface area contributed by atoms with Gasteiger partial charge in [0.15, 0.2) is 0 Å². The summed E-state index contributed by atoms with van der Waals surface area (Å²) in [5, 5.41) is 1.99. The molecule has 0 radical (unpaired) electrons. The maximum Gasteiger partial charge on any atom is 0.573 e. The van der Waals surface area contributed by atoms with Crippen molar-refractivity contribution in [2.24, 2.45) is 11.6 Å². The molecule has 1 aromatic carbocycles. The van der Waals surface area contributed by atoms with Gasteiger partial charge in [0.05, 0.1) is 11.3 Å². The second-order valence-electron chi connectivity index (χ2n) is 3.22. The lowest BCUT2D eigenvalue weighted by molar-refractivity contribution is -0.274. The number of hydrazine groups is 1. The average Bonchev–Trinajstić information content (AvgIpc) is 2.25. The third-order valence-electron chi connectivity index (χ3n) is 1.86. The van der Waals surface area contributed by atoms with E-state index in [-0.39, 0.29) is 11.3 Å². The van der Waals surface area contributed by atoms with E-state index < -0.39 is 24.1 Å². The predicted octanol–water partition coefficient (Wildman–Crippen LogP) is 0.679. The number of rotatable bonds is 3. The van der Waals surface area contributed by atoms with Crippen LogP contribution in [-0.2, 0) is 0 Å². The van der Waals surface area contributed by atoms with E-state index in [0.29, 0.717) is 0 Å². The summed E-state index contributed by atoms with van der Waals surface area (Å²) in [6.45, 7) is 0. The zero-order valence-corrected chi connectivity index (χ0v) is 9.25. The fourth-order valence-corrected chi connectivity index (χ4v) is 1.23. The minimum atomic E-state index is -4.90. The molecule has 0 bridgehead atoms. The normalized spacial score (nSPS) is 10.7. The molecule has 1 rings (SSSR count). The van der Waals surface area contributed by atoms with Crippen LogP contribution in [-0.4, -0.2) is 18.3 Å². The van der Waals surface area contributed by atoms with E-state index in [1.165, 1.54) is 0 Å². The van der Waals surface area contributed by atoms with Gasteiger partial charge in [-0.15, -0.1) is 13.2 Å². The second-order valence-corrected chi connectivity index (χ2v) is 3.22. The van der Waals surface area contributed by atoms with Crippen LogP contribution in [0.5, 0.6) is 5.75 Å². The number of alkyl halides is 3. The number of nitrogens with two attached hydrogens (primary N) is 2. The molecule has 0 aliphatic rings. The van der Waals surface area contributed by atoms with Crippen LogP contribution >= 0.6 is 0 Å². The molecule has 0 fully saturated rings. The number of halogens is 3. The first-order chi connectivity index (χ1) is 8.73. The van der Waals surface area contributed by atoms with E-state index in [9.17, 15) is 22.8 Å². The number of hydrogen-bond acceptors (Lipinski definition) is 4. The number of amides is 3. The Balaban J connectivity index is 3.14. The average molecular weight is 278 g/mol. The summed E-state index contributed by atoms with van der Waals surface area (Å²) in [4.78, 5) is 22.0. The Bertz CT molecular complexity index is 504. The van der Waals surface area contributed by atoms with Gasteiger partial charge in [-0.2, -0.15) is 0 Å². The van der Waals surface area contributed by atoms with E-state index in [4.69, 9.17) is 11.6 Å². The van der Waals surface area contributed by atoms with Crippen molar-refractivity contribution in [2.75, 3.05) is 5.32 Å². The zero-order chi connectivity index (χ0) is 14.6. The molecule has 104 valence electrons. The molecule has 7 nitrogen and oxygen atoms in total. The Morgan fingerprint density at radius 2 is 1.89 bits per heavy atom. The third kappa shape index (κ3) is 4.35. The lowest BCUT2D eigenvalue weighted by Crippen LogP contribution is -2.31. The van der Waals surface area contributed by atoms with E-state index in [0.717, 1.165) is 18.2 Å². The minimum Gasteiger partial charge on any atom is -0.406 e. The quantitative estimate of drug-likeness (QED) is 0.369. The lowest BCUT2D eigenvalue weighted by Gasteiger charge is -2.13. The van der Waals surface area contributed by atoms with Crippen LogP contribution in [0.15, 0.2) is 18.2 Å². The van der Waals surface area contributed by atoms with E-state index in [1.54, 1.807) is 5.43 Å². The van der Waals surface area contributed by atoms with Crippen LogP contribution in [0.1, 0.15) is 10.4 Å². The molecule has 10 heteroatoms. The van der Waals surface area contributed by atoms with Gasteiger partial charge >= 0.3 is 12.4 Å². The molecule has 0 aromatic heterocycles. The summed E-state index contributed by atoms with van der Waals surface area (Å²) in [5.74, 6) is 3.45. The number of carbonyl (C=O) groups excluding carboxylic acids is 2. The Labute approximate surface area is 104 Å². The van der Waals surface area contributed by atoms with Crippen LogP contribution in [0.25, 0.3) is 0 Å². The van der Waals surface area contributed by atoms with Crippen LogP contribution in [0.2, 0.25) is 0 Å². The van der Waals surface area contributed by atoms with Crippen LogP contribution in [0.4, 0.5) is 23.7 Å². The second kappa shape index (κ2) is 5.44. The maximum atomic E-state index is 12.0. The summed E-state index contributed by atoms with van der Waals surface area (Å²) in [6.07, 6.45) is -4.90. The largest absolute Gasteiger partial charge is 0.573 e. The molecule has 3 amide bonds. The van der Waals surface area contributed by atoms with Crippen LogP contribution in [0, 0.1) is 0 Å². The number of hydrogen-bond donors (Lipinski definition) is 4. The van der Waals surface area contributed by atoms with Gasteiger partial charge in [-0.1, -0.05) is 0 Å². The van der Waals surface area contributed by atoms with Crippen molar-refractivity contribution in [2.45, 2.75) is 6.36 Å². The fourth-order valence-electron chi connectivity index (χ4n) is 1.23. The van der Waals surface area contributed by atoms with Gasteiger partial charge in [0.25, 0.3) is 5.91 Å². The Kier molecular flexibility index (Phi) is 4.17. The van der Waals surface area contributed by atoms with Gasteiger partial charge < -0.3 is 15.8 Å². The monoisotopic (exact) mass is 278 g/mol. The molecular formula is C9H9F3N4O3. The number of anilines is 1. The van der Waals surface area contributed by atoms with Crippen molar-refractivity contribution >= 4 is 17.6 Å². The summed E-state index contributed by atoms with van der Waals surface area (Å²) in [7, 11) is 0. The van der Waals surface area contributed by atoms with Gasteiger partial charge in [-0.05, 0) is 12.1 Å². The molecule has 19 heavy (non-hydrogen) atoms. The molecule has 0 heterocycles. The minimum absolute atomic E-state index is 0.171. The lowest BCUT2D eigenvalue weighted by atomic mass is 10.1. The van der Waals surface area contributed by atoms with Crippen molar-refractivity contribution in [1.82, 2.24) is 5.43 Å². The highest BCUT2D eigenvalue weighted by atomic mass is 19.4. The fraction of sp³-hybridized carbons (Fsp3) is 0.111. The molecule has 0 saturated carbocycles. The molecule has 0 spiro atoms. The van der Waals surface area contributed by atoms with E-state index in [2.05, 4.69) is 4.74 Å². The molecular weight excluding hydrogens is 269 g/mol. The highest BCUT2D eigenvalue weighted by Crippen LogP contribution is 2.27. The van der Waals surface area contributed by atoms with Gasteiger partial charge in [-0.25, -0.2) is 10.6 Å². The SMILES string of the molecule is NNC(=O)c1ccc(OC(F)(F)F)cc1NC(N)=O. The number of urea groups is 1. The molecule has 0 aliphatic carbocycles. The van der Waals surface area contributed by atoms with Gasteiger partial charge in [-0.3, -0.25) is 10.2 Å². The van der Waals surface area contributed by atoms with Crippen molar-refractivity contribution < 1.29 is 27.5 Å². The van der Waals surface area contributed by atoms with E-state index in [1.807, 2.05) is 5.32 Å². The van der Waals surface area contributed by atoms with Gasteiger partial charge in [0.1, 0.15) is 5.75 Å². The highest BCUT2D eigenvalue weighted by Gasteiger charge is 2.31. The van der Waals surface area contributed by atoms with Crippen molar-refractivity contribution in [1.29, 1.82) is 0 Å². The first kappa shape index (κ1) is 14.6. The van der Waals surface area contributed by atoms with Crippen molar-refractivity contribution in [3.63, 3.8) is 0 Å². The zero-order valence-electron chi connectivity index (χ0n) is 9.25. The molecule has 0 unspecified atom stereocenters. The number of ether oxygens (including phenoxy) is 1. The highest BCUT2D eigenvalue weighted by molar-refractivity contribution is 6.03. The molecule has 0 atom stereocenters. The predicted molar refractivity (Wildman–Crippen MR) is 58.0 cm³/mol. The summed E-state index contributed by atoms with van der Waals surface area (Å²) in [6, 6.07) is 1.62. The summed E-state index contributed by atoms with van der Waals surface area (Å²) >= 11 is 0. The topological polar surface area (TPSA) is 119 Å². The standard InChI is InChI=1S/C9H9F3N4O3/c10-9(11,12)19-4-1-2-5(7(17)16-14)6(3-4)15-8(13)18/h1-3H,14H2,(H,16,17)(H3,13,15,18). The number of benzene rings is 1. The number of primary amides is 1. The van der Waals surface area contributed by atoms with Gasteiger partial charge in [0.2, 0.25) is 0 Å². The first-order valence-corrected chi connectivity index (χ1v) is 4.70. The summed E-state index contributed by atoms with van der Waals surface area (Å²) in [5.41, 5.74) is 6.17. The van der Waals surface area contributed by atoms with Crippen molar-refractivity contribution in [3.8, 4) is 5.75 Å². The molecule has 0 aliphatic heterocycles. The van der Waals surface area contributed by atoms with Crippen LogP contribution in [0.3, 0.4) is 0 Å². The Hall–Kier alpha value is -2.49. The third-order valence-corrected chi connectivity index (χ3v) is 1.86. The number of nitrogen functional groups attached to an aromatic ring is 1. The van der Waals surface area contributed by atoms with Crippen molar-refractivity contribution in [3.05, 3.63) is 23.8 Å². The Morgan fingerprint density at radius 3 is 2.37 bits per heavy atom. The number of nitrogens with one attached hydrogen (secondary N) is 2. The maximum absolute atomic E-state index is 12.0.